The fraction of sp³-hybridized carbons (Fsp3) is 0.700. The highest BCUT2D eigenvalue weighted by Crippen LogP contribution is 2.29. The monoisotopic (exact) mass is 228 g/mol. The summed E-state index contributed by atoms with van der Waals surface area (Å²) in [7, 11) is 0. The lowest BCUT2D eigenvalue weighted by molar-refractivity contribution is 0.623. The highest BCUT2D eigenvalue weighted by atomic mass is 32.2. The summed E-state index contributed by atoms with van der Waals surface area (Å²) in [6.45, 7) is 0. The lowest BCUT2D eigenvalue weighted by atomic mass is 10.1. The van der Waals surface area contributed by atoms with Crippen LogP contribution in [0.4, 0.5) is 5.13 Å². The van der Waals surface area contributed by atoms with Gasteiger partial charge in [0.15, 0.2) is 5.13 Å². The molecule has 0 atom stereocenters. The third-order valence-electron chi connectivity index (χ3n) is 2.65. The molecule has 1 aromatic heterocycles. The van der Waals surface area contributed by atoms with Gasteiger partial charge in [0.25, 0.3) is 0 Å². The molecule has 1 aliphatic carbocycles. The van der Waals surface area contributed by atoms with Crippen LogP contribution in [0.1, 0.15) is 31.4 Å². The summed E-state index contributed by atoms with van der Waals surface area (Å²) in [5, 5.41) is 2.76. The van der Waals surface area contributed by atoms with Crippen molar-refractivity contribution < 1.29 is 0 Å². The van der Waals surface area contributed by atoms with E-state index in [0.717, 1.165) is 17.4 Å². The Morgan fingerprint density at radius 2 is 2.29 bits per heavy atom. The Kier molecular flexibility index (Phi) is 3.70. The van der Waals surface area contributed by atoms with E-state index in [1.165, 1.54) is 31.4 Å². The first-order valence-electron chi connectivity index (χ1n) is 5.12. The average Bonchev–Trinajstić information content (AvgIpc) is 2.77. The van der Waals surface area contributed by atoms with Crippen LogP contribution in [0.5, 0.6) is 0 Å². The quantitative estimate of drug-likeness (QED) is 0.860. The summed E-state index contributed by atoms with van der Waals surface area (Å²) in [5.41, 5.74) is 6.72. The summed E-state index contributed by atoms with van der Waals surface area (Å²) < 4.78 is 0. The summed E-state index contributed by atoms with van der Waals surface area (Å²) in [4.78, 5) is 4.25. The molecule has 2 N–H and O–H groups in total. The molecule has 0 saturated heterocycles. The van der Waals surface area contributed by atoms with Gasteiger partial charge < -0.3 is 5.73 Å². The van der Waals surface area contributed by atoms with Crippen molar-refractivity contribution in [2.24, 2.45) is 5.92 Å². The van der Waals surface area contributed by atoms with Crippen LogP contribution in [0.2, 0.25) is 0 Å². The second-order valence-electron chi connectivity index (χ2n) is 3.84. The lowest BCUT2D eigenvalue weighted by Gasteiger charge is -2.06. The normalized spacial score (nSPS) is 17.7. The molecule has 1 heterocycles. The number of thioether (sulfide) groups is 1. The number of hydrogen-bond acceptors (Lipinski definition) is 4. The van der Waals surface area contributed by atoms with Crippen molar-refractivity contribution in [3.63, 3.8) is 0 Å². The third kappa shape index (κ3) is 2.89. The molecule has 0 radical (unpaired) electrons. The summed E-state index contributed by atoms with van der Waals surface area (Å²) in [6, 6.07) is 0. The Labute approximate surface area is 93.3 Å². The van der Waals surface area contributed by atoms with Crippen LogP contribution in [0.15, 0.2) is 5.38 Å². The van der Waals surface area contributed by atoms with E-state index in [1.54, 1.807) is 11.3 Å². The minimum atomic E-state index is 0.696. The van der Waals surface area contributed by atoms with Gasteiger partial charge in [0, 0.05) is 11.1 Å². The molecule has 4 heteroatoms. The number of nitrogens with zero attached hydrogens (tertiary/aromatic N) is 1. The van der Waals surface area contributed by atoms with E-state index in [0.29, 0.717) is 5.13 Å². The minimum Gasteiger partial charge on any atom is -0.375 e. The predicted molar refractivity (Wildman–Crippen MR) is 64.6 cm³/mol. The zero-order valence-electron chi connectivity index (χ0n) is 8.24. The van der Waals surface area contributed by atoms with Gasteiger partial charge in [-0.05, 0) is 24.5 Å². The summed E-state index contributed by atoms with van der Waals surface area (Å²) in [5.74, 6) is 3.30. The molecule has 2 nitrogen and oxygen atoms in total. The fourth-order valence-electron chi connectivity index (χ4n) is 1.90. The summed E-state index contributed by atoms with van der Waals surface area (Å²) in [6.07, 6.45) is 5.75. The SMILES string of the molecule is Nc1nc(CSCC2CCCC2)cs1. The van der Waals surface area contributed by atoms with Crippen molar-refractivity contribution in [1.82, 2.24) is 4.98 Å². The zero-order chi connectivity index (χ0) is 9.80. The van der Waals surface area contributed by atoms with Gasteiger partial charge in [-0.1, -0.05) is 12.8 Å². The van der Waals surface area contributed by atoms with Gasteiger partial charge >= 0.3 is 0 Å². The van der Waals surface area contributed by atoms with Crippen LogP contribution in [-0.2, 0) is 5.75 Å². The number of thiazole rings is 1. The fourth-order valence-corrected chi connectivity index (χ4v) is 3.71. The first-order valence-corrected chi connectivity index (χ1v) is 7.15. The van der Waals surface area contributed by atoms with E-state index in [9.17, 15) is 0 Å². The lowest BCUT2D eigenvalue weighted by Crippen LogP contribution is -1.97. The van der Waals surface area contributed by atoms with Crippen LogP contribution in [0.3, 0.4) is 0 Å². The Balaban J connectivity index is 1.67. The van der Waals surface area contributed by atoms with Crippen molar-refractivity contribution >= 4 is 28.2 Å². The highest BCUT2D eigenvalue weighted by molar-refractivity contribution is 7.98. The van der Waals surface area contributed by atoms with Gasteiger partial charge in [-0.3, -0.25) is 0 Å². The van der Waals surface area contributed by atoms with Crippen molar-refractivity contribution in [2.75, 3.05) is 11.5 Å². The molecule has 0 spiro atoms. The Bertz CT molecular complexity index is 279. The number of hydrogen-bond donors (Lipinski definition) is 1. The van der Waals surface area contributed by atoms with Crippen LogP contribution in [0, 0.1) is 5.92 Å². The second kappa shape index (κ2) is 5.03. The van der Waals surface area contributed by atoms with Crippen LogP contribution in [-0.4, -0.2) is 10.7 Å². The number of nitrogens with two attached hydrogens (primary N) is 1. The summed E-state index contributed by atoms with van der Waals surface area (Å²) >= 11 is 3.55. The first kappa shape index (κ1) is 10.3. The molecule has 0 amide bonds. The number of rotatable bonds is 4. The second-order valence-corrected chi connectivity index (χ2v) is 5.76. The Morgan fingerprint density at radius 1 is 1.50 bits per heavy atom. The molecule has 2 rings (SSSR count). The van der Waals surface area contributed by atoms with Crippen LogP contribution >= 0.6 is 23.1 Å². The molecule has 1 aromatic rings. The molecular weight excluding hydrogens is 212 g/mol. The van der Waals surface area contributed by atoms with E-state index in [2.05, 4.69) is 10.4 Å². The molecular formula is C10H16N2S2. The van der Waals surface area contributed by atoms with Gasteiger partial charge in [0.05, 0.1) is 5.69 Å². The maximum atomic E-state index is 5.57. The Hall–Kier alpha value is -0.220. The smallest absolute Gasteiger partial charge is 0.180 e. The van der Waals surface area contributed by atoms with E-state index < -0.39 is 0 Å². The minimum absolute atomic E-state index is 0.696. The van der Waals surface area contributed by atoms with Crippen molar-refractivity contribution in [1.29, 1.82) is 0 Å². The maximum absolute atomic E-state index is 5.57. The van der Waals surface area contributed by atoms with Gasteiger partial charge in [0.1, 0.15) is 0 Å². The van der Waals surface area contributed by atoms with Crippen LogP contribution < -0.4 is 5.73 Å². The molecule has 0 unspecified atom stereocenters. The molecule has 1 saturated carbocycles. The standard InChI is InChI=1S/C10H16N2S2/c11-10-12-9(7-14-10)6-13-5-8-3-1-2-4-8/h7-8H,1-6H2,(H2,11,12). The Morgan fingerprint density at radius 3 is 2.93 bits per heavy atom. The van der Waals surface area contributed by atoms with E-state index >= 15 is 0 Å². The van der Waals surface area contributed by atoms with Gasteiger partial charge in [0.2, 0.25) is 0 Å². The number of nitrogen functional groups attached to an aromatic ring is 1. The number of aromatic nitrogens is 1. The van der Waals surface area contributed by atoms with Gasteiger partial charge in [-0.15, -0.1) is 11.3 Å². The largest absolute Gasteiger partial charge is 0.375 e. The highest BCUT2D eigenvalue weighted by Gasteiger charge is 2.14. The van der Waals surface area contributed by atoms with Crippen LogP contribution in [0.25, 0.3) is 0 Å². The van der Waals surface area contributed by atoms with Crippen molar-refractivity contribution in [2.45, 2.75) is 31.4 Å². The third-order valence-corrected chi connectivity index (χ3v) is 4.58. The van der Waals surface area contributed by atoms with E-state index in [4.69, 9.17) is 5.73 Å². The van der Waals surface area contributed by atoms with Gasteiger partial charge in [-0.2, -0.15) is 11.8 Å². The molecule has 0 aliphatic heterocycles. The molecule has 0 aromatic carbocycles. The average molecular weight is 228 g/mol. The molecule has 1 fully saturated rings. The van der Waals surface area contributed by atoms with E-state index in [-0.39, 0.29) is 0 Å². The zero-order valence-corrected chi connectivity index (χ0v) is 9.87. The molecule has 78 valence electrons. The molecule has 1 aliphatic rings. The maximum Gasteiger partial charge on any atom is 0.180 e. The van der Waals surface area contributed by atoms with Crippen molar-refractivity contribution in [3.8, 4) is 0 Å². The first-order chi connectivity index (χ1) is 6.84. The molecule has 0 bridgehead atoms. The topological polar surface area (TPSA) is 38.9 Å². The van der Waals surface area contributed by atoms with Gasteiger partial charge in [-0.25, -0.2) is 4.98 Å². The van der Waals surface area contributed by atoms with E-state index in [1.807, 2.05) is 11.8 Å². The predicted octanol–water partition coefficient (Wildman–Crippen LogP) is 3.15. The van der Waals surface area contributed by atoms with Crippen molar-refractivity contribution in [3.05, 3.63) is 11.1 Å². The molecule has 14 heavy (non-hydrogen) atoms. The number of anilines is 1.